The third kappa shape index (κ3) is 6.13. The van der Waals surface area contributed by atoms with Crippen LogP contribution in [0.25, 0.3) is 0 Å². The van der Waals surface area contributed by atoms with Crippen LogP contribution in [0.5, 0.6) is 0 Å². The molecule has 150 valence electrons. The third-order valence-electron chi connectivity index (χ3n) is 4.85. The van der Waals surface area contributed by atoms with Gasteiger partial charge in [-0.15, -0.1) is 11.8 Å². The molecule has 0 aromatic heterocycles. The number of carbonyl (C=O) groups is 2. The zero-order valence-electron chi connectivity index (χ0n) is 17.2. The Morgan fingerprint density at radius 1 is 1.07 bits per heavy atom. The van der Waals surface area contributed by atoms with E-state index in [2.05, 4.69) is 24.4 Å². The zero-order valence-corrected chi connectivity index (χ0v) is 18.0. The number of rotatable bonds is 9. The minimum atomic E-state index is -0.460. The van der Waals surface area contributed by atoms with Gasteiger partial charge in [0.25, 0.3) is 0 Å². The fourth-order valence-corrected chi connectivity index (χ4v) is 4.07. The van der Waals surface area contributed by atoms with Gasteiger partial charge in [0.15, 0.2) is 0 Å². The Bertz CT molecular complexity index is 789. The molecule has 2 amide bonds. The molecule has 0 radical (unpaired) electrons. The largest absolute Gasteiger partial charge is 0.357 e. The number of nitrogens with zero attached hydrogens (tertiary/aromatic N) is 1. The van der Waals surface area contributed by atoms with Crippen LogP contribution in [0, 0.1) is 13.8 Å². The summed E-state index contributed by atoms with van der Waals surface area (Å²) in [6.07, 6.45) is 0.583. The molecule has 1 N–H and O–H groups in total. The molecule has 28 heavy (non-hydrogen) atoms. The van der Waals surface area contributed by atoms with Crippen LogP contribution in [0.3, 0.4) is 0 Å². The molecule has 0 fully saturated rings. The van der Waals surface area contributed by atoms with Crippen LogP contribution in [0.15, 0.2) is 48.5 Å². The molecule has 0 unspecified atom stereocenters. The third-order valence-corrected chi connectivity index (χ3v) is 5.82. The first-order chi connectivity index (χ1) is 13.5. The van der Waals surface area contributed by atoms with Crippen LogP contribution < -0.4 is 5.32 Å². The van der Waals surface area contributed by atoms with E-state index in [-0.39, 0.29) is 11.8 Å². The summed E-state index contributed by atoms with van der Waals surface area (Å²) in [5.41, 5.74) is 4.68. The van der Waals surface area contributed by atoms with Crippen LogP contribution >= 0.6 is 11.8 Å². The van der Waals surface area contributed by atoms with Crippen molar-refractivity contribution in [3.8, 4) is 0 Å². The first-order valence-electron chi connectivity index (χ1n) is 9.65. The van der Waals surface area contributed by atoms with E-state index in [1.165, 1.54) is 16.7 Å². The summed E-state index contributed by atoms with van der Waals surface area (Å²) < 4.78 is 0. The summed E-state index contributed by atoms with van der Waals surface area (Å²) >= 11 is 1.59. The molecule has 0 saturated heterocycles. The molecule has 0 aliphatic rings. The van der Waals surface area contributed by atoms with Gasteiger partial charge in [-0.05, 0) is 37.0 Å². The lowest BCUT2D eigenvalue weighted by molar-refractivity contribution is -0.139. The van der Waals surface area contributed by atoms with Gasteiger partial charge in [-0.2, -0.15) is 0 Å². The van der Waals surface area contributed by atoms with Crippen LogP contribution in [0.1, 0.15) is 35.6 Å². The van der Waals surface area contributed by atoms with Crippen molar-refractivity contribution in [2.24, 2.45) is 0 Å². The Hall–Kier alpha value is -2.27. The SMILES string of the molecule is CC[C@@H](C(=O)NC)N(Cc1ccc(C)cc1)C(=O)CSCc1ccccc1C. The van der Waals surface area contributed by atoms with Gasteiger partial charge < -0.3 is 10.2 Å². The zero-order chi connectivity index (χ0) is 20.5. The minimum Gasteiger partial charge on any atom is -0.357 e. The highest BCUT2D eigenvalue weighted by molar-refractivity contribution is 7.99. The van der Waals surface area contributed by atoms with Gasteiger partial charge in [0.05, 0.1) is 5.75 Å². The highest BCUT2D eigenvalue weighted by Crippen LogP contribution is 2.19. The van der Waals surface area contributed by atoms with Gasteiger partial charge in [-0.1, -0.05) is 61.0 Å². The molecule has 2 aromatic rings. The molecule has 0 heterocycles. The maximum atomic E-state index is 13.0. The summed E-state index contributed by atoms with van der Waals surface area (Å²) in [4.78, 5) is 27.1. The van der Waals surface area contributed by atoms with Crippen molar-refractivity contribution in [3.05, 3.63) is 70.8 Å². The second-order valence-corrected chi connectivity index (χ2v) is 7.95. The predicted molar refractivity (Wildman–Crippen MR) is 117 cm³/mol. The van der Waals surface area contributed by atoms with Crippen molar-refractivity contribution in [2.75, 3.05) is 12.8 Å². The second kappa shape index (κ2) is 10.9. The lowest BCUT2D eigenvalue weighted by Crippen LogP contribution is -2.48. The van der Waals surface area contributed by atoms with E-state index >= 15 is 0 Å². The van der Waals surface area contributed by atoms with E-state index in [1.807, 2.05) is 50.2 Å². The number of hydrogen-bond acceptors (Lipinski definition) is 3. The standard InChI is InChI=1S/C23H30N2O2S/c1-5-21(23(27)24-4)25(14-19-12-10-17(2)11-13-19)22(26)16-28-15-20-9-7-6-8-18(20)3/h6-13,21H,5,14-16H2,1-4H3,(H,24,27)/t21-/m0/s1. The van der Waals surface area contributed by atoms with Gasteiger partial charge in [-0.3, -0.25) is 9.59 Å². The fraction of sp³-hybridized carbons (Fsp3) is 0.391. The molecular weight excluding hydrogens is 368 g/mol. The average Bonchev–Trinajstić information content (AvgIpc) is 2.70. The Labute approximate surface area is 172 Å². The molecule has 1 atom stereocenters. The summed E-state index contributed by atoms with van der Waals surface area (Å²) in [6.45, 7) is 6.50. The van der Waals surface area contributed by atoms with E-state index < -0.39 is 6.04 Å². The first kappa shape index (κ1) is 22.0. The van der Waals surface area contributed by atoms with Crippen molar-refractivity contribution in [3.63, 3.8) is 0 Å². The maximum absolute atomic E-state index is 13.0. The number of carbonyl (C=O) groups excluding carboxylic acids is 2. The maximum Gasteiger partial charge on any atom is 0.242 e. The molecule has 0 aliphatic carbocycles. The van der Waals surface area contributed by atoms with Gasteiger partial charge in [0.1, 0.15) is 6.04 Å². The van der Waals surface area contributed by atoms with E-state index in [1.54, 1.807) is 23.7 Å². The monoisotopic (exact) mass is 398 g/mol. The second-order valence-electron chi connectivity index (χ2n) is 6.96. The van der Waals surface area contributed by atoms with Gasteiger partial charge in [0, 0.05) is 19.3 Å². The Morgan fingerprint density at radius 2 is 1.75 bits per heavy atom. The van der Waals surface area contributed by atoms with Crippen molar-refractivity contribution < 1.29 is 9.59 Å². The van der Waals surface area contributed by atoms with Crippen molar-refractivity contribution in [1.29, 1.82) is 0 Å². The van der Waals surface area contributed by atoms with Gasteiger partial charge in [0.2, 0.25) is 11.8 Å². The molecular formula is C23H30N2O2S. The molecule has 2 rings (SSSR count). The number of benzene rings is 2. The summed E-state index contributed by atoms with van der Waals surface area (Å²) in [7, 11) is 1.62. The first-order valence-corrected chi connectivity index (χ1v) is 10.8. The van der Waals surface area contributed by atoms with E-state index in [9.17, 15) is 9.59 Å². The van der Waals surface area contributed by atoms with Crippen LogP contribution in [0.2, 0.25) is 0 Å². The highest BCUT2D eigenvalue weighted by Gasteiger charge is 2.27. The number of aryl methyl sites for hydroxylation is 2. The Balaban J connectivity index is 2.10. The smallest absolute Gasteiger partial charge is 0.242 e. The lowest BCUT2D eigenvalue weighted by atomic mass is 10.1. The van der Waals surface area contributed by atoms with Crippen LogP contribution in [0.4, 0.5) is 0 Å². The number of thioether (sulfide) groups is 1. The molecule has 0 saturated carbocycles. The molecule has 0 spiro atoms. The lowest BCUT2D eigenvalue weighted by Gasteiger charge is -2.30. The minimum absolute atomic E-state index is 0.00499. The van der Waals surface area contributed by atoms with Crippen LogP contribution in [-0.2, 0) is 21.9 Å². The number of amides is 2. The predicted octanol–water partition coefficient (Wildman–Crippen LogP) is 4.09. The highest BCUT2D eigenvalue weighted by atomic mass is 32.2. The molecule has 2 aromatic carbocycles. The van der Waals surface area contributed by atoms with Crippen molar-refractivity contribution in [1.82, 2.24) is 10.2 Å². The van der Waals surface area contributed by atoms with E-state index in [0.717, 1.165) is 11.3 Å². The van der Waals surface area contributed by atoms with E-state index in [0.29, 0.717) is 18.7 Å². The number of nitrogens with one attached hydrogen (secondary N) is 1. The van der Waals surface area contributed by atoms with Gasteiger partial charge in [-0.25, -0.2) is 0 Å². The topological polar surface area (TPSA) is 49.4 Å². The number of likely N-dealkylation sites (N-methyl/N-ethyl adjacent to an activating group) is 1. The average molecular weight is 399 g/mol. The summed E-state index contributed by atoms with van der Waals surface area (Å²) in [5, 5.41) is 2.70. The van der Waals surface area contributed by atoms with Crippen molar-refractivity contribution in [2.45, 2.75) is 45.5 Å². The molecule has 5 heteroatoms. The fourth-order valence-electron chi connectivity index (χ4n) is 3.08. The van der Waals surface area contributed by atoms with E-state index in [4.69, 9.17) is 0 Å². The Morgan fingerprint density at radius 3 is 2.36 bits per heavy atom. The summed E-state index contributed by atoms with van der Waals surface area (Å²) in [6, 6.07) is 15.9. The van der Waals surface area contributed by atoms with Crippen LogP contribution in [-0.4, -0.2) is 35.6 Å². The molecule has 4 nitrogen and oxygen atoms in total. The summed E-state index contributed by atoms with van der Waals surface area (Å²) in [5.74, 6) is 1.02. The number of hydrogen-bond donors (Lipinski definition) is 1. The molecule has 0 bridgehead atoms. The van der Waals surface area contributed by atoms with Crippen molar-refractivity contribution >= 4 is 23.6 Å². The normalized spacial score (nSPS) is 11.7. The molecule has 0 aliphatic heterocycles. The Kier molecular flexibility index (Phi) is 8.58. The van der Waals surface area contributed by atoms with Gasteiger partial charge >= 0.3 is 0 Å². The quantitative estimate of drug-likeness (QED) is 0.692.